The van der Waals surface area contributed by atoms with Crippen LogP contribution in [0.1, 0.15) is 66.2 Å². The molecule has 1 rings (SSSR count). The Morgan fingerprint density at radius 2 is 1.89 bits per heavy atom. The molecule has 1 atom stereocenters. The van der Waals surface area contributed by atoms with Gasteiger partial charge < -0.3 is 15.2 Å². The quantitative estimate of drug-likeness (QED) is 0.825. The van der Waals surface area contributed by atoms with Crippen LogP contribution >= 0.6 is 0 Å². The van der Waals surface area contributed by atoms with E-state index in [4.69, 9.17) is 4.74 Å². The number of nitrogens with one attached hydrogen (secondary N) is 1. The van der Waals surface area contributed by atoms with Crippen LogP contribution in [0.3, 0.4) is 0 Å². The Hall–Kier alpha value is -0.770. The second-order valence-corrected chi connectivity index (χ2v) is 6.79. The molecule has 112 valence electrons. The van der Waals surface area contributed by atoms with Gasteiger partial charge in [-0.25, -0.2) is 4.79 Å². The van der Waals surface area contributed by atoms with E-state index < -0.39 is 5.60 Å². The number of alkyl carbamates (subject to hydrolysis) is 1. The topological polar surface area (TPSA) is 58.6 Å². The summed E-state index contributed by atoms with van der Waals surface area (Å²) in [6.07, 6.45) is 5.77. The van der Waals surface area contributed by atoms with Crippen LogP contribution in [0, 0.1) is 5.92 Å². The average molecular weight is 271 g/mol. The molecule has 19 heavy (non-hydrogen) atoms. The molecule has 1 unspecified atom stereocenters. The first-order chi connectivity index (χ1) is 8.76. The molecule has 4 nitrogen and oxygen atoms in total. The smallest absolute Gasteiger partial charge is 0.407 e. The summed E-state index contributed by atoms with van der Waals surface area (Å²) >= 11 is 0. The monoisotopic (exact) mass is 271 g/mol. The lowest BCUT2D eigenvalue weighted by Crippen LogP contribution is -2.40. The summed E-state index contributed by atoms with van der Waals surface area (Å²) in [5.74, 6) is 0.700. The first kappa shape index (κ1) is 16.3. The molecule has 0 bridgehead atoms. The molecule has 0 saturated heterocycles. The van der Waals surface area contributed by atoms with Crippen LogP contribution in [0.5, 0.6) is 0 Å². The van der Waals surface area contributed by atoms with E-state index in [2.05, 4.69) is 5.32 Å². The first-order valence-corrected chi connectivity index (χ1v) is 7.44. The Balaban J connectivity index is 2.21. The van der Waals surface area contributed by atoms with Gasteiger partial charge in [-0.1, -0.05) is 0 Å². The van der Waals surface area contributed by atoms with Crippen LogP contribution in [0.2, 0.25) is 0 Å². The number of amides is 1. The lowest BCUT2D eigenvalue weighted by Gasteiger charge is -2.30. The van der Waals surface area contributed by atoms with Crippen molar-refractivity contribution in [3.05, 3.63) is 0 Å². The average Bonchev–Trinajstić information content (AvgIpc) is 2.25. The van der Waals surface area contributed by atoms with Crippen LogP contribution in [-0.4, -0.2) is 28.9 Å². The van der Waals surface area contributed by atoms with E-state index in [0.29, 0.717) is 5.92 Å². The number of hydrogen-bond acceptors (Lipinski definition) is 3. The molecule has 1 saturated carbocycles. The largest absolute Gasteiger partial charge is 0.444 e. The highest BCUT2D eigenvalue weighted by Crippen LogP contribution is 2.28. The van der Waals surface area contributed by atoms with Gasteiger partial charge in [-0.15, -0.1) is 0 Å². The Morgan fingerprint density at radius 1 is 1.32 bits per heavy atom. The standard InChI is InChI=1S/C15H29NO3/c1-11(17)5-6-12-7-9-13(10-8-12)16-14(18)19-15(2,3)4/h11-13,17H,5-10H2,1-4H3,(H,16,18). The molecule has 1 fully saturated rings. The Bertz CT molecular complexity index is 276. The van der Waals surface area contributed by atoms with Crippen molar-refractivity contribution in [3.8, 4) is 0 Å². The van der Waals surface area contributed by atoms with Crippen molar-refractivity contribution in [2.45, 2.75) is 84.0 Å². The van der Waals surface area contributed by atoms with Gasteiger partial charge in [0.25, 0.3) is 0 Å². The van der Waals surface area contributed by atoms with Crippen LogP contribution in [0.25, 0.3) is 0 Å². The zero-order valence-electron chi connectivity index (χ0n) is 12.7. The second kappa shape index (κ2) is 7.13. The van der Waals surface area contributed by atoms with E-state index in [1.54, 1.807) is 0 Å². The highest BCUT2D eigenvalue weighted by Gasteiger charge is 2.24. The Kier molecular flexibility index (Phi) is 6.11. The summed E-state index contributed by atoms with van der Waals surface area (Å²) in [7, 11) is 0. The van der Waals surface area contributed by atoms with Crippen molar-refractivity contribution >= 4 is 6.09 Å². The van der Waals surface area contributed by atoms with Gasteiger partial charge in [-0.05, 0) is 72.1 Å². The maximum Gasteiger partial charge on any atom is 0.407 e. The summed E-state index contributed by atoms with van der Waals surface area (Å²) in [6.45, 7) is 7.47. The van der Waals surface area contributed by atoms with Gasteiger partial charge in [0.2, 0.25) is 0 Å². The van der Waals surface area contributed by atoms with Gasteiger partial charge in [0.15, 0.2) is 0 Å². The number of carbonyl (C=O) groups excluding carboxylic acids is 1. The fourth-order valence-corrected chi connectivity index (χ4v) is 2.55. The van der Waals surface area contributed by atoms with Crippen LogP contribution < -0.4 is 5.32 Å². The molecule has 0 aromatic heterocycles. The van der Waals surface area contributed by atoms with Gasteiger partial charge in [-0.3, -0.25) is 0 Å². The Morgan fingerprint density at radius 3 is 2.37 bits per heavy atom. The number of hydrogen-bond donors (Lipinski definition) is 2. The van der Waals surface area contributed by atoms with Crippen molar-refractivity contribution in [2.24, 2.45) is 5.92 Å². The summed E-state index contributed by atoms with van der Waals surface area (Å²) in [5, 5.41) is 12.2. The highest BCUT2D eigenvalue weighted by atomic mass is 16.6. The summed E-state index contributed by atoms with van der Waals surface area (Å²) in [5.41, 5.74) is -0.432. The number of carbonyl (C=O) groups is 1. The van der Waals surface area contributed by atoms with E-state index in [-0.39, 0.29) is 18.2 Å². The van der Waals surface area contributed by atoms with Gasteiger partial charge in [0, 0.05) is 6.04 Å². The van der Waals surface area contributed by atoms with Gasteiger partial charge in [0.1, 0.15) is 5.60 Å². The zero-order valence-corrected chi connectivity index (χ0v) is 12.7. The van der Waals surface area contributed by atoms with E-state index in [0.717, 1.165) is 38.5 Å². The zero-order chi connectivity index (χ0) is 14.5. The molecule has 1 amide bonds. The number of aliphatic hydroxyl groups excluding tert-OH is 1. The minimum Gasteiger partial charge on any atom is -0.444 e. The van der Waals surface area contributed by atoms with E-state index >= 15 is 0 Å². The second-order valence-electron chi connectivity index (χ2n) is 6.79. The van der Waals surface area contributed by atoms with Crippen molar-refractivity contribution in [1.82, 2.24) is 5.32 Å². The molecule has 2 N–H and O–H groups in total. The first-order valence-electron chi connectivity index (χ1n) is 7.44. The lowest BCUT2D eigenvalue weighted by molar-refractivity contribution is 0.0486. The van der Waals surface area contributed by atoms with Crippen LogP contribution in [-0.2, 0) is 4.74 Å². The number of ether oxygens (including phenoxy) is 1. The summed E-state index contributed by atoms with van der Waals surface area (Å²) in [4.78, 5) is 11.7. The molecule has 1 aliphatic rings. The molecular weight excluding hydrogens is 242 g/mol. The maximum absolute atomic E-state index is 11.7. The summed E-state index contributed by atoms with van der Waals surface area (Å²) < 4.78 is 5.26. The normalized spacial score (nSPS) is 25.7. The fraction of sp³-hybridized carbons (Fsp3) is 0.933. The molecule has 0 aromatic carbocycles. The van der Waals surface area contributed by atoms with Crippen molar-refractivity contribution in [1.29, 1.82) is 0 Å². The molecule has 0 radical (unpaired) electrons. The van der Waals surface area contributed by atoms with Crippen LogP contribution in [0.15, 0.2) is 0 Å². The van der Waals surface area contributed by atoms with Crippen molar-refractivity contribution < 1.29 is 14.6 Å². The van der Waals surface area contributed by atoms with Crippen molar-refractivity contribution in [3.63, 3.8) is 0 Å². The molecule has 0 aliphatic heterocycles. The number of aliphatic hydroxyl groups is 1. The van der Waals surface area contributed by atoms with E-state index in [1.807, 2.05) is 27.7 Å². The third-order valence-corrected chi connectivity index (χ3v) is 3.56. The molecular formula is C15H29NO3. The van der Waals surface area contributed by atoms with E-state index in [9.17, 15) is 9.90 Å². The van der Waals surface area contributed by atoms with Gasteiger partial charge in [-0.2, -0.15) is 0 Å². The minimum absolute atomic E-state index is 0.197. The molecule has 0 spiro atoms. The predicted octanol–water partition coefficient (Wildman–Crippen LogP) is 3.23. The van der Waals surface area contributed by atoms with E-state index in [1.165, 1.54) is 0 Å². The fourth-order valence-electron chi connectivity index (χ4n) is 2.55. The van der Waals surface area contributed by atoms with Crippen molar-refractivity contribution in [2.75, 3.05) is 0 Å². The predicted molar refractivity (Wildman–Crippen MR) is 76.0 cm³/mol. The Labute approximate surface area is 116 Å². The summed E-state index contributed by atoms with van der Waals surface area (Å²) in [6, 6.07) is 0.248. The maximum atomic E-state index is 11.7. The third-order valence-electron chi connectivity index (χ3n) is 3.56. The molecule has 0 aromatic rings. The van der Waals surface area contributed by atoms with Gasteiger partial charge >= 0.3 is 6.09 Å². The number of rotatable bonds is 4. The highest BCUT2D eigenvalue weighted by molar-refractivity contribution is 5.68. The molecule has 0 heterocycles. The SMILES string of the molecule is CC(O)CCC1CCC(NC(=O)OC(C)(C)C)CC1. The van der Waals surface area contributed by atoms with Crippen LogP contribution in [0.4, 0.5) is 4.79 Å². The lowest BCUT2D eigenvalue weighted by atomic mass is 9.83. The third kappa shape index (κ3) is 7.41. The molecule has 4 heteroatoms. The minimum atomic E-state index is -0.432. The molecule has 1 aliphatic carbocycles. The van der Waals surface area contributed by atoms with Gasteiger partial charge in [0.05, 0.1) is 6.10 Å².